The van der Waals surface area contributed by atoms with Crippen molar-refractivity contribution in [3.8, 4) is 0 Å². The first-order valence-corrected chi connectivity index (χ1v) is 9.31. The molecule has 1 aromatic carbocycles. The molecule has 0 saturated heterocycles. The van der Waals surface area contributed by atoms with E-state index in [-0.39, 0.29) is 11.8 Å². The average Bonchev–Trinajstić information content (AvgIpc) is 3.09. The van der Waals surface area contributed by atoms with Gasteiger partial charge >= 0.3 is 5.97 Å². The van der Waals surface area contributed by atoms with E-state index in [9.17, 15) is 19.5 Å². The highest BCUT2D eigenvalue weighted by atomic mass is 16.4. The topological polar surface area (TPSA) is 111 Å². The van der Waals surface area contributed by atoms with Crippen LogP contribution < -0.4 is 10.6 Å². The summed E-state index contributed by atoms with van der Waals surface area (Å²) in [5, 5.41) is 15.8. The Hall–Kier alpha value is -2.83. The first kappa shape index (κ1) is 18.9. The number of carboxylic acids is 1. The lowest BCUT2D eigenvalue weighted by molar-refractivity contribution is -0.149. The second-order valence-corrected chi connectivity index (χ2v) is 7.07. The van der Waals surface area contributed by atoms with E-state index < -0.39 is 23.8 Å². The first-order valence-electron chi connectivity index (χ1n) is 9.31. The molecule has 1 aromatic heterocycles. The Balaban J connectivity index is 1.77. The number of aliphatic carboxylic acids is 1. The SMILES string of the molecule is CNC(=O)[C@H](Cc1c[nH]c2ccccc12)NC(=O)C1CCCCC1C(=O)O. The van der Waals surface area contributed by atoms with Crippen molar-refractivity contribution in [2.75, 3.05) is 7.05 Å². The molecule has 1 aliphatic carbocycles. The molecule has 2 amide bonds. The van der Waals surface area contributed by atoms with E-state index >= 15 is 0 Å². The number of para-hydroxylation sites is 1. The number of nitrogens with one attached hydrogen (secondary N) is 3. The molecule has 1 fully saturated rings. The predicted molar refractivity (Wildman–Crippen MR) is 101 cm³/mol. The molecular formula is C20H25N3O4. The van der Waals surface area contributed by atoms with Crippen molar-refractivity contribution in [2.24, 2.45) is 11.8 Å². The van der Waals surface area contributed by atoms with Gasteiger partial charge < -0.3 is 20.7 Å². The molecular weight excluding hydrogens is 346 g/mol. The van der Waals surface area contributed by atoms with Crippen molar-refractivity contribution in [1.82, 2.24) is 15.6 Å². The summed E-state index contributed by atoms with van der Waals surface area (Å²) in [6.07, 6.45) is 4.86. The van der Waals surface area contributed by atoms with E-state index in [1.807, 2.05) is 30.5 Å². The van der Waals surface area contributed by atoms with Gasteiger partial charge in [-0.25, -0.2) is 0 Å². The zero-order chi connectivity index (χ0) is 19.4. The third kappa shape index (κ3) is 4.13. The standard InChI is InChI=1S/C20H25N3O4/c1-21-19(25)17(10-12-11-22-16-9-5-4-6-13(12)16)23-18(24)14-7-2-3-8-15(14)20(26)27/h4-6,9,11,14-15,17,22H,2-3,7-8,10H2,1H3,(H,21,25)(H,23,24)(H,26,27)/t14?,15?,17-/m0/s1. The van der Waals surface area contributed by atoms with Crippen LogP contribution in [0.4, 0.5) is 0 Å². The van der Waals surface area contributed by atoms with Gasteiger partial charge in [0.1, 0.15) is 6.04 Å². The first-order chi connectivity index (χ1) is 13.0. The quantitative estimate of drug-likeness (QED) is 0.621. The maximum absolute atomic E-state index is 12.8. The van der Waals surface area contributed by atoms with Gasteiger partial charge in [0.15, 0.2) is 0 Å². The zero-order valence-electron chi connectivity index (χ0n) is 15.3. The third-order valence-electron chi connectivity index (χ3n) is 5.40. The van der Waals surface area contributed by atoms with Crippen LogP contribution in [0.5, 0.6) is 0 Å². The number of aromatic nitrogens is 1. The van der Waals surface area contributed by atoms with Crippen LogP contribution in [-0.4, -0.2) is 41.0 Å². The van der Waals surface area contributed by atoms with Crippen LogP contribution in [-0.2, 0) is 20.8 Å². The van der Waals surface area contributed by atoms with Crippen molar-refractivity contribution in [3.63, 3.8) is 0 Å². The molecule has 2 unspecified atom stereocenters. The normalized spacial score (nSPS) is 20.8. The van der Waals surface area contributed by atoms with E-state index in [0.717, 1.165) is 29.3 Å². The van der Waals surface area contributed by atoms with Gasteiger partial charge in [-0.1, -0.05) is 31.0 Å². The molecule has 1 saturated carbocycles. The number of hydrogen-bond acceptors (Lipinski definition) is 3. The second-order valence-electron chi connectivity index (χ2n) is 7.07. The minimum atomic E-state index is -0.942. The minimum absolute atomic E-state index is 0.295. The lowest BCUT2D eigenvalue weighted by atomic mass is 9.78. The number of amides is 2. The molecule has 7 nitrogen and oxygen atoms in total. The van der Waals surface area contributed by atoms with Crippen LogP contribution in [0.3, 0.4) is 0 Å². The molecule has 27 heavy (non-hydrogen) atoms. The van der Waals surface area contributed by atoms with Gasteiger partial charge in [0.25, 0.3) is 0 Å². The molecule has 3 atom stereocenters. The van der Waals surface area contributed by atoms with Crippen LogP contribution in [0.2, 0.25) is 0 Å². The Bertz CT molecular complexity index is 845. The van der Waals surface area contributed by atoms with Gasteiger partial charge in [-0.05, 0) is 24.5 Å². The Morgan fingerprint density at radius 2 is 1.89 bits per heavy atom. The highest BCUT2D eigenvalue weighted by Crippen LogP contribution is 2.30. The summed E-state index contributed by atoms with van der Waals surface area (Å²) >= 11 is 0. The summed E-state index contributed by atoms with van der Waals surface area (Å²) < 4.78 is 0. The average molecular weight is 371 g/mol. The van der Waals surface area contributed by atoms with E-state index in [4.69, 9.17) is 0 Å². The summed E-state index contributed by atoms with van der Waals surface area (Å²) in [6, 6.07) is 7.01. The molecule has 1 heterocycles. The molecule has 7 heteroatoms. The summed E-state index contributed by atoms with van der Waals surface area (Å²) in [6.45, 7) is 0. The molecule has 2 aromatic rings. The summed E-state index contributed by atoms with van der Waals surface area (Å²) in [5.74, 6) is -2.86. The minimum Gasteiger partial charge on any atom is -0.481 e. The summed E-state index contributed by atoms with van der Waals surface area (Å²) in [5.41, 5.74) is 1.89. The molecule has 0 radical (unpaired) electrons. The number of carboxylic acid groups (broad SMARTS) is 1. The highest BCUT2D eigenvalue weighted by molar-refractivity contribution is 5.91. The number of aromatic amines is 1. The monoisotopic (exact) mass is 371 g/mol. The number of hydrogen-bond donors (Lipinski definition) is 4. The fourth-order valence-electron chi connectivity index (χ4n) is 3.92. The molecule has 0 bridgehead atoms. The van der Waals surface area contributed by atoms with Crippen molar-refractivity contribution in [1.29, 1.82) is 0 Å². The van der Waals surface area contributed by atoms with Crippen LogP contribution in [0.1, 0.15) is 31.2 Å². The van der Waals surface area contributed by atoms with Crippen molar-refractivity contribution >= 4 is 28.7 Å². The van der Waals surface area contributed by atoms with Crippen molar-refractivity contribution in [3.05, 3.63) is 36.0 Å². The molecule has 1 aliphatic rings. The van der Waals surface area contributed by atoms with Crippen LogP contribution >= 0.6 is 0 Å². The largest absolute Gasteiger partial charge is 0.481 e. The molecule has 4 N–H and O–H groups in total. The Morgan fingerprint density at radius 1 is 1.19 bits per heavy atom. The molecule has 144 valence electrons. The Morgan fingerprint density at radius 3 is 2.59 bits per heavy atom. The van der Waals surface area contributed by atoms with Gasteiger partial charge in [0.2, 0.25) is 11.8 Å². The van der Waals surface area contributed by atoms with Crippen LogP contribution in [0.25, 0.3) is 10.9 Å². The number of H-pyrrole nitrogens is 1. The predicted octanol–water partition coefficient (Wildman–Crippen LogP) is 1.83. The van der Waals surface area contributed by atoms with Crippen molar-refractivity contribution < 1.29 is 19.5 Å². The van der Waals surface area contributed by atoms with Gasteiger partial charge in [-0.2, -0.15) is 0 Å². The summed E-state index contributed by atoms with van der Waals surface area (Å²) in [4.78, 5) is 39.8. The smallest absolute Gasteiger partial charge is 0.307 e. The van der Waals surface area contributed by atoms with E-state index in [1.54, 1.807) is 0 Å². The fourth-order valence-corrected chi connectivity index (χ4v) is 3.92. The fraction of sp³-hybridized carbons (Fsp3) is 0.450. The van der Waals surface area contributed by atoms with Crippen LogP contribution in [0, 0.1) is 11.8 Å². The van der Waals surface area contributed by atoms with Crippen molar-refractivity contribution in [2.45, 2.75) is 38.1 Å². The number of rotatable bonds is 6. The molecule has 0 spiro atoms. The second kappa shape index (κ2) is 8.24. The van der Waals surface area contributed by atoms with E-state index in [1.165, 1.54) is 7.05 Å². The Kier molecular flexibility index (Phi) is 5.78. The number of carbonyl (C=O) groups is 3. The number of likely N-dealkylation sites (N-methyl/N-ethyl adjacent to an activating group) is 1. The number of benzene rings is 1. The van der Waals surface area contributed by atoms with E-state index in [0.29, 0.717) is 19.3 Å². The molecule has 0 aliphatic heterocycles. The third-order valence-corrected chi connectivity index (χ3v) is 5.40. The molecule has 3 rings (SSSR count). The van der Waals surface area contributed by atoms with Gasteiger partial charge in [-0.15, -0.1) is 0 Å². The maximum Gasteiger partial charge on any atom is 0.307 e. The maximum atomic E-state index is 12.8. The lowest BCUT2D eigenvalue weighted by Gasteiger charge is -2.29. The number of carbonyl (C=O) groups excluding carboxylic acids is 2. The number of fused-ring (bicyclic) bond motifs is 1. The van der Waals surface area contributed by atoms with Gasteiger partial charge in [0.05, 0.1) is 11.8 Å². The van der Waals surface area contributed by atoms with E-state index in [2.05, 4.69) is 15.6 Å². The highest BCUT2D eigenvalue weighted by Gasteiger charge is 2.37. The van der Waals surface area contributed by atoms with Gasteiger partial charge in [-0.3, -0.25) is 14.4 Å². The zero-order valence-corrected chi connectivity index (χ0v) is 15.3. The van der Waals surface area contributed by atoms with Gasteiger partial charge in [0, 0.05) is 30.6 Å². The lowest BCUT2D eigenvalue weighted by Crippen LogP contribution is -2.50. The summed E-state index contributed by atoms with van der Waals surface area (Å²) in [7, 11) is 1.53. The Labute approximate surface area is 157 Å². The van der Waals surface area contributed by atoms with Crippen LogP contribution in [0.15, 0.2) is 30.5 Å².